The number of hydrogen-bond acceptors (Lipinski definition) is 4. The molecule has 0 saturated carbocycles. The summed E-state index contributed by atoms with van der Waals surface area (Å²) in [5.74, 6) is -0.215. The first-order valence-corrected chi connectivity index (χ1v) is 7.37. The molecule has 3 rings (SSSR count). The number of phenolic OH excluding ortho intramolecular Hbond substituents is 1. The fourth-order valence-corrected chi connectivity index (χ4v) is 2.18. The number of H-pyrrole nitrogens is 1. The largest absolute Gasteiger partial charge is 0.508 e. The fourth-order valence-electron chi connectivity index (χ4n) is 2.18. The van der Waals surface area contributed by atoms with E-state index in [1.165, 1.54) is 12.1 Å². The standard InChI is InChI=1S/C17H16N6O2.ClH/c18-17(19)21-12-3-1-10(2-4-12)14-9-15(23-22-14)16(25)20-11-5-7-13(24)8-6-11;/h1-9,24H,(H,20,25)(H,22,23)(H4,18,19,21);1H. The number of phenols is 1. The molecule has 0 unspecified atom stereocenters. The Morgan fingerprint density at radius 1 is 1.08 bits per heavy atom. The third kappa shape index (κ3) is 4.52. The van der Waals surface area contributed by atoms with Gasteiger partial charge in [0.05, 0.1) is 11.4 Å². The minimum atomic E-state index is -0.332. The number of aliphatic imine (C=N–C) groups is 1. The molecule has 0 fully saturated rings. The zero-order chi connectivity index (χ0) is 17.8. The number of carbonyl (C=O) groups excluding carboxylic acids is 1. The van der Waals surface area contributed by atoms with E-state index in [0.29, 0.717) is 22.8 Å². The lowest BCUT2D eigenvalue weighted by Gasteiger charge is -2.02. The number of amides is 1. The van der Waals surface area contributed by atoms with Gasteiger partial charge in [-0.2, -0.15) is 5.10 Å². The molecule has 7 N–H and O–H groups in total. The van der Waals surface area contributed by atoms with Gasteiger partial charge < -0.3 is 21.9 Å². The first-order valence-electron chi connectivity index (χ1n) is 7.37. The third-order valence-electron chi connectivity index (χ3n) is 3.37. The molecule has 0 aliphatic rings. The monoisotopic (exact) mass is 372 g/mol. The van der Waals surface area contributed by atoms with Gasteiger partial charge in [0.25, 0.3) is 5.91 Å². The highest BCUT2D eigenvalue weighted by atomic mass is 35.5. The lowest BCUT2D eigenvalue weighted by Crippen LogP contribution is -2.21. The van der Waals surface area contributed by atoms with Crippen molar-refractivity contribution < 1.29 is 9.90 Å². The van der Waals surface area contributed by atoms with Crippen molar-refractivity contribution in [2.45, 2.75) is 0 Å². The molecule has 0 aliphatic carbocycles. The Bertz CT molecular complexity index is 915. The van der Waals surface area contributed by atoms with Crippen LogP contribution in [0.5, 0.6) is 5.75 Å². The number of nitrogens with two attached hydrogens (primary N) is 2. The summed E-state index contributed by atoms with van der Waals surface area (Å²) in [5.41, 5.74) is 13.6. The highest BCUT2D eigenvalue weighted by molar-refractivity contribution is 6.03. The Labute approximate surface area is 155 Å². The van der Waals surface area contributed by atoms with Crippen molar-refractivity contribution in [3.05, 3.63) is 60.3 Å². The predicted molar refractivity (Wildman–Crippen MR) is 103 cm³/mol. The lowest BCUT2D eigenvalue weighted by molar-refractivity contribution is 0.102. The van der Waals surface area contributed by atoms with Crippen molar-refractivity contribution in [2.24, 2.45) is 16.5 Å². The van der Waals surface area contributed by atoms with Crippen molar-refractivity contribution in [1.82, 2.24) is 10.2 Å². The van der Waals surface area contributed by atoms with Gasteiger partial charge >= 0.3 is 0 Å². The molecular formula is C17H17ClN6O2. The number of aromatic hydroxyl groups is 1. The molecule has 0 atom stereocenters. The number of guanidine groups is 1. The van der Waals surface area contributed by atoms with E-state index in [0.717, 1.165) is 5.56 Å². The molecule has 26 heavy (non-hydrogen) atoms. The normalized spacial score (nSPS) is 9.85. The van der Waals surface area contributed by atoms with Gasteiger partial charge in [-0.1, -0.05) is 12.1 Å². The molecule has 2 aromatic carbocycles. The van der Waals surface area contributed by atoms with Crippen LogP contribution in [0.1, 0.15) is 10.5 Å². The summed E-state index contributed by atoms with van der Waals surface area (Å²) in [5, 5.41) is 18.8. The van der Waals surface area contributed by atoms with Crippen LogP contribution in [0.4, 0.5) is 11.4 Å². The third-order valence-corrected chi connectivity index (χ3v) is 3.37. The Morgan fingerprint density at radius 2 is 1.73 bits per heavy atom. The van der Waals surface area contributed by atoms with E-state index in [9.17, 15) is 9.90 Å². The SMILES string of the molecule is Cl.NC(N)=Nc1ccc(-c2cc(C(=O)Nc3ccc(O)cc3)[nH]n2)cc1. The van der Waals surface area contributed by atoms with Crippen molar-refractivity contribution >= 4 is 35.6 Å². The number of carbonyl (C=O) groups is 1. The summed E-state index contributed by atoms with van der Waals surface area (Å²) in [6.07, 6.45) is 0. The Morgan fingerprint density at radius 3 is 2.35 bits per heavy atom. The molecule has 3 aromatic rings. The summed E-state index contributed by atoms with van der Waals surface area (Å²) in [4.78, 5) is 16.2. The number of aromatic amines is 1. The molecule has 0 radical (unpaired) electrons. The highest BCUT2D eigenvalue weighted by Gasteiger charge is 2.11. The van der Waals surface area contributed by atoms with Crippen LogP contribution >= 0.6 is 12.4 Å². The van der Waals surface area contributed by atoms with Gasteiger partial charge in [-0.05, 0) is 42.5 Å². The summed E-state index contributed by atoms with van der Waals surface area (Å²) < 4.78 is 0. The lowest BCUT2D eigenvalue weighted by atomic mass is 10.1. The minimum Gasteiger partial charge on any atom is -0.508 e. The second-order valence-electron chi connectivity index (χ2n) is 5.25. The van der Waals surface area contributed by atoms with E-state index in [4.69, 9.17) is 11.5 Å². The van der Waals surface area contributed by atoms with Gasteiger partial charge in [-0.3, -0.25) is 9.89 Å². The summed E-state index contributed by atoms with van der Waals surface area (Å²) >= 11 is 0. The number of benzene rings is 2. The number of halogens is 1. The number of hydrogen-bond donors (Lipinski definition) is 5. The second-order valence-corrected chi connectivity index (χ2v) is 5.25. The average Bonchev–Trinajstić information content (AvgIpc) is 3.07. The smallest absolute Gasteiger partial charge is 0.273 e. The van der Waals surface area contributed by atoms with Crippen molar-refractivity contribution in [1.29, 1.82) is 0 Å². The molecule has 9 heteroatoms. The maximum absolute atomic E-state index is 12.2. The summed E-state index contributed by atoms with van der Waals surface area (Å²) in [6.45, 7) is 0. The van der Waals surface area contributed by atoms with E-state index in [2.05, 4.69) is 20.5 Å². The van der Waals surface area contributed by atoms with E-state index in [1.807, 2.05) is 0 Å². The molecular weight excluding hydrogens is 356 g/mol. The van der Waals surface area contributed by atoms with Crippen molar-refractivity contribution in [3.8, 4) is 17.0 Å². The van der Waals surface area contributed by atoms with Crippen LogP contribution in [-0.4, -0.2) is 27.2 Å². The van der Waals surface area contributed by atoms with Crippen LogP contribution in [0.15, 0.2) is 59.6 Å². The highest BCUT2D eigenvalue weighted by Crippen LogP contribution is 2.22. The fraction of sp³-hybridized carbons (Fsp3) is 0. The quantitative estimate of drug-likeness (QED) is 0.271. The van der Waals surface area contributed by atoms with Crippen LogP contribution in [-0.2, 0) is 0 Å². The molecule has 1 heterocycles. The number of anilines is 1. The van der Waals surface area contributed by atoms with Crippen LogP contribution in [0.25, 0.3) is 11.3 Å². The first-order chi connectivity index (χ1) is 12.0. The number of aromatic nitrogens is 2. The topological polar surface area (TPSA) is 142 Å². The maximum Gasteiger partial charge on any atom is 0.273 e. The van der Waals surface area contributed by atoms with E-state index in [1.54, 1.807) is 42.5 Å². The average molecular weight is 373 g/mol. The van der Waals surface area contributed by atoms with Gasteiger partial charge in [0.15, 0.2) is 5.96 Å². The molecule has 1 aromatic heterocycles. The van der Waals surface area contributed by atoms with Crippen LogP contribution in [0.3, 0.4) is 0 Å². The van der Waals surface area contributed by atoms with E-state index in [-0.39, 0.29) is 30.0 Å². The molecule has 0 bridgehead atoms. The van der Waals surface area contributed by atoms with Crippen LogP contribution < -0.4 is 16.8 Å². The zero-order valence-corrected chi connectivity index (χ0v) is 14.3. The van der Waals surface area contributed by atoms with Crippen molar-refractivity contribution in [3.63, 3.8) is 0 Å². The predicted octanol–water partition coefficient (Wildman–Crippen LogP) is 2.36. The molecule has 1 amide bonds. The molecule has 134 valence electrons. The van der Waals surface area contributed by atoms with Crippen LogP contribution in [0.2, 0.25) is 0 Å². The first kappa shape index (κ1) is 18.8. The molecule has 0 spiro atoms. The molecule has 0 saturated heterocycles. The minimum absolute atomic E-state index is 0. The zero-order valence-electron chi connectivity index (χ0n) is 13.5. The van der Waals surface area contributed by atoms with Gasteiger partial charge in [0.1, 0.15) is 11.4 Å². The maximum atomic E-state index is 12.2. The Hall–Kier alpha value is -3.52. The van der Waals surface area contributed by atoms with Gasteiger partial charge in [0.2, 0.25) is 0 Å². The number of nitrogens with zero attached hydrogens (tertiary/aromatic N) is 2. The van der Waals surface area contributed by atoms with Gasteiger partial charge in [0, 0.05) is 11.3 Å². The molecule has 0 aliphatic heterocycles. The van der Waals surface area contributed by atoms with E-state index >= 15 is 0 Å². The number of nitrogens with one attached hydrogen (secondary N) is 2. The van der Waals surface area contributed by atoms with Gasteiger partial charge in [-0.25, -0.2) is 4.99 Å². The summed E-state index contributed by atoms with van der Waals surface area (Å²) in [7, 11) is 0. The van der Waals surface area contributed by atoms with E-state index < -0.39 is 0 Å². The van der Waals surface area contributed by atoms with Crippen molar-refractivity contribution in [2.75, 3.05) is 5.32 Å². The van der Waals surface area contributed by atoms with Gasteiger partial charge in [-0.15, -0.1) is 12.4 Å². The van der Waals surface area contributed by atoms with Crippen LogP contribution in [0, 0.1) is 0 Å². The second kappa shape index (κ2) is 8.04. The Balaban J connectivity index is 0.00000243. The Kier molecular flexibility index (Phi) is 5.82. The molecule has 8 nitrogen and oxygen atoms in total. The summed E-state index contributed by atoms with van der Waals surface area (Å²) in [6, 6.07) is 14.9. The number of rotatable bonds is 4.